The van der Waals surface area contributed by atoms with Gasteiger partial charge in [-0.25, -0.2) is 18.5 Å². The first kappa shape index (κ1) is 77.0. The van der Waals surface area contributed by atoms with Crippen molar-refractivity contribution < 1.29 is 115 Å². The number of hydrogen-bond donors (Lipinski definition) is 14. The molecular weight excluding hydrogens is 1330 g/mol. The van der Waals surface area contributed by atoms with Gasteiger partial charge < -0.3 is 95.6 Å². The maximum absolute atomic E-state index is 15.0. The van der Waals surface area contributed by atoms with Gasteiger partial charge in [-0.1, -0.05) is 71.6 Å². The molecule has 1 aromatic heterocycles. The quantitative estimate of drug-likeness (QED) is 0.0113. The number of carbonyl (C=O) groups excluding carboxylic acids is 8. The van der Waals surface area contributed by atoms with Gasteiger partial charge >= 0.3 is 6.09 Å². The van der Waals surface area contributed by atoms with Gasteiger partial charge in [-0.2, -0.15) is 4.98 Å². The van der Waals surface area contributed by atoms with Gasteiger partial charge in [0, 0.05) is 81.8 Å². The molecule has 0 spiro atoms. The number of benzene rings is 3. The van der Waals surface area contributed by atoms with Crippen molar-refractivity contribution in [2.45, 2.75) is 149 Å². The van der Waals surface area contributed by atoms with E-state index in [1.165, 1.54) is 67.6 Å². The lowest BCUT2D eigenvalue weighted by Gasteiger charge is -2.34. The molecule has 0 saturated carbocycles. The van der Waals surface area contributed by atoms with Crippen LogP contribution >= 0.6 is 12.3 Å². The van der Waals surface area contributed by atoms with Gasteiger partial charge in [-0.15, -0.1) is 0 Å². The molecule has 36 heteroatoms. The standard InChI is InChI=1S/C62H82N10O24S2/c1-5-23-92-62(87)63-22-21-45(77)50-61(86)72-31-33(2)52(79)51(72)58(84)64-30-39(74)28-42(65-54(80)37-14-12-36(13-15-37)53-69-59(93-70-53)38-16-18-41(19-17-38)98(89,90)25-10-8-6-7-9-24-91-4)55(81)66-48(34(3)73)60(85)71-32-40(75)29-43(71)56(82)67-49(57(83)68-50)46(78)26-35-11-20-44(76)47(27-35)94-97-96-95-88/h5,11-20,27,33-34,39-40,42-43,45-46,48-52,73-79,88H,1,6-10,21-26,28-32H2,2-4H3,(H,63,87)(H,64,84)(H,65,80)(H,66,81)(H,67,82)(H,68,83)/t33-,34+,39+,40+,42+,43+,45-,46-,48+,49+,50+,51+,52+/m1/s1. The molecule has 0 bridgehead atoms. The fraction of sp³-hybridized carbons (Fsp3) is 0.516. The molecule has 3 aliphatic rings. The molecule has 3 aliphatic heterocycles. The largest absolute Gasteiger partial charge is 0.504 e. The summed E-state index contributed by atoms with van der Waals surface area (Å²) >= 11 is 0.0513. The maximum atomic E-state index is 15.0. The van der Waals surface area contributed by atoms with Crippen LogP contribution in [0.3, 0.4) is 0 Å². The van der Waals surface area contributed by atoms with Crippen molar-refractivity contribution in [3.05, 3.63) is 90.5 Å². The minimum atomic E-state index is -3.57. The summed E-state index contributed by atoms with van der Waals surface area (Å²) in [5.41, 5.74) is 0.751. The number of nitrogens with one attached hydrogen (secondary N) is 6. The summed E-state index contributed by atoms with van der Waals surface area (Å²) in [5.74, 6) is -9.93. The number of aliphatic hydroxyl groups excluding tert-OH is 6. The van der Waals surface area contributed by atoms with Gasteiger partial charge in [0.05, 0.1) is 47.3 Å². The summed E-state index contributed by atoms with van der Waals surface area (Å²) < 4.78 is 51.0. The number of fused-ring (bicyclic) bond motifs is 2. The van der Waals surface area contributed by atoms with Gasteiger partial charge in [0.15, 0.2) is 21.3 Å². The zero-order valence-corrected chi connectivity index (χ0v) is 55.3. The second-order valence-electron chi connectivity index (χ2n) is 23.8. The lowest BCUT2D eigenvalue weighted by atomic mass is 9.98. The highest BCUT2D eigenvalue weighted by atomic mass is 32.2. The summed E-state index contributed by atoms with van der Waals surface area (Å²) in [6, 6.07) is 3.27. The number of aliphatic hydroxyl groups is 6. The number of aromatic hydroxyl groups is 1. The minimum absolute atomic E-state index is 0.0207. The van der Waals surface area contributed by atoms with Gasteiger partial charge in [-0.3, -0.25) is 33.6 Å². The molecule has 536 valence electrons. The molecule has 13 atom stereocenters. The molecule has 4 aromatic rings. The Bertz CT molecular complexity index is 3510. The molecule has 0 aliphatic carbocycles. The third-order valence-electron chi connectivity index (χ3n) is 16.5. The van der Waals surface area contributed by atoms with E-state index in [-0.39, 0.29) is 58.2 Å². The SMILES string of the molecule is C=CCOC(=O)NCC[C@@H](O)[C@@H]1NC(=O)[C@H]([C@H](O)Cc2ccc(O)c(OSOOO)c2)NC(=O)[C@@H]2C[C@H](O)CN2C(=O)[C@H]([C@H](C)O)NC(=O)[C@@H](NC(=O)c2ccc(-c3noc(-c4ccc(S(=O)(=O)CCCCCCCOC)cc4)n3)cc2)C[C@H](O)CNC(=O)[C@@H]2[C@@H](O)[C@H](C)CN2C1=O. The number of phenolic OH excluding ortho intramolecular Hbond substituents is 1. The van der Waals surface area contributed by atoms with Crippen LogP contribution in [0.25, 0.3) is 22.8 Å². The van der Waals surface area contributed by atoms with Crippen molar-refractivity contribution in [2.24, 2.45) is 5.92 Å². The van der Waals surface area contributed by atoms with Gasteiger partial charge in [0.25, 0.3) is 24.1 Å². The van der Waals surface area contributed by atoms with E-state index in [0.29, 0.717) is 24.2 Å². The predicted molar refractivity (Wildman–Crippen MR) is 342 cm³/mol. The van der Waals surface area contributed by atoms with E-state index in [2.05, 4.69) is 58.0 Å². The van der Waals surface area contributed by atoms with Crippen LogP contribution in [0.5, 0.6) is 11.5 Å². The normalized spacial score (nSPS) is 23.9. The smallest absolute Gasteiger partial charge is 0.407 e. The van der Waals surface area contributed by atoms with Crippen LogP contribution in [-0.2, 0) is 63.9 Å². The summed E-state index contributed by atoms with van der Waals surface area (Å²) in [6.45, 7) is 4.28. The molecule has 14 N–H and O–H groups in total. The van der Waals surface area contributed by atoms with Crippen molar-refractivity contribution in [3.63, 3.8) is 0 Å². The Morgan fingerprint density at radius 1 is 0.816 bits per heavy atom. The number of hydrogen-bond acceptors (Lipinski definition) is 27. The molecule has 3 fully saturated rings. The number of alkyl carbamates (subject to hydrolysis) is 1. The lowest BCUT2D eigenvalue weighted by Crippen LogP contribution is -2.64. The Morgan fingerprint density at radius 3 is 2.18 bits per heavy atom. The molecule has 7 rings (SSSR count). The Kier molecular flexibility index (Phi) is 28.6. The average molecular weight is 1420 g/mol. The number of aromatic nitrogens is 2. The Labute approximate surface area is 566 Å². The van der Waals surface area contributed by atoms with E-state index in [1.807, 2.05) is 0 Å². The van der Waals surface area contributed by atoms with Gasteiger partial charge in [0.2, 0.25) is 41.3 Å². The number of carbonyl (C=O) groups is 8. The number of methoxy groups -OCH3 is 1. The number of amides is 8. The molecular formula is C62H82N10O24S2. The Morgan fingerprint density at radius 2 is 1.49 bits per heavy atom. The van der Waals surface area contributed by atoms with Crippen molar-refractivity contribution in [3.8, 4) is 34.3 Å². The van der Waals surface area contributed by atoms with Crippen molar-refractivity contribution in [1.82, 2.24) is 51.8 Å². The van der Waals surface area contributed by atoms with Crippen molar-refractivity contribution in [2.75, 3.05) is 52.3 Å². The van der Waals surface area contributed by atoms with E-state index >= 15 is 0 Å². The van der Waals surface area contributed by atoms with Crippen LogP contribution in [0, 0.1) is 5.92 Å². The molecule has 34 nitrogen and oxygen atoms in total. The molecule has 98 heavy (non-hydrogen) atoms. The van der Waals surface area contributed by atoms with Gasteiger partial charge in [-0.05, 0) is 80.3 Å². The molecule has 0 radical (unpaired) electrons. The number of unbranched alkanes of at least 4 members (excludes halogenated alkanes) is 4. The lowest BCUT2D eigenvalue weighted by molar-refractivity contribution is -0.433. The minimum Gasteiger partial charge on any atom is -0.504 e. The second kappa shape index (κ2) is 36.4. The molecule has 8 amide bonds. The van der Waals surface area contributed by atoms with Crippen LogP contribution in [-0.4, -0.2) is 242 Å². The third kappa shape index (κ3) is 20.8. The second-order valence-corrected chi connectivity index (χ2v) is 26.3. The topological polar surface area (TPSA) is 496 Å². The first-order valence-electron chi connectivity index (χ1n) is 31.4. The van der Waals surface area contributed by atoms with E-state index in [0.717, 1.165) is 54.5 Å². The first-order valence-corrected chi connectivity index (χ1v) is 33.7. The number of nitrogens with zero attached hydrogens (tertiary/aromatic N) is 4. The average Bonchev–Trinajstić information content (AvgIpc) is 1.61. The number of ether oxygens (including phenoxy) is 2. The maximum Gasteiger partial charge on any atom is 0.407 e. The Balaban J connectivity index is 1.17. The fourth-order valence-electron chi connectivity index (χ4n) is 11.2. The highest BCUT2D eigenvalue weighted by molar-refractivity contribution is 7.91. The monoisotopic (exact) mass is 1410 g/mol. The van der Waals surface area contributed by atoms with E-state index in [4.69, 9.17) is 23.4 Å². The highest BCUT2D eigenvalue weighted by Crippen LogP contribution is 2.32. The highest BCUT2D eigenvalue weighted by Gasteiger charge is 2.50. The van der Waals surface area contributed by atoms with Crippen LogP contribution in [0.15, 0.2) is 88.8 Å². The van der Waals surface area contributed by atoms with Crippen LogP contribution in [0.2, 0.25) is 0 Å². The van der Waals surface area contributed by atoms with Crippen LogP contribution in [0.1, 0.15) is 81.1 Å². The zero-order chi connectivity index (χ0) is 71.4. The third-order valence-corrected chi connectivity index (χ3v) is 18.7. The van der Waals surface area contributed by atoms with Crippen LogP contribution in [0.4, 0.5) is 4.79 Å². The summed E-state index contributed by atoms with van der Waals surface area (Å²) in [5, 5.41) is 110. The Hall–Kier alpha value is -8.40. The van der Waals surface area contributed by atoms with E-state index < -0.39 is 194 Å². The van der Waals surface area contributed by atoms with E-state index in [9.17, 15) is 82.5 Å². The molecule has 0 unspecified atom stereocenters. The van der Waals surface area contributed by atoms with Crippen molar-refractivity contribution >= 4 is 69.6 Å². The predicted octanol–water partition coefficient (Wildman–Crippen LogP) is -0.906. The van der Waals surface area contributed by atoms with Crippen LogP contribution < -0.4 is 36.1 Å². The summed E-state index contributed by atoms with van der Waals surface area (Å²) in [4.78, 5) is 121. The first-order chi connectivity index (χ1) is 46.7. The summed E-state index contributed by atoms with van der Waals surface area (Å²) in [6.07, 6.45) is -8.89. The molecule has 4 heterocycles. The van der Waals surface area contributed by atoms with E-state index in [1.54, 1.807) is 7.11 Å². The number of sulfone groups is 1. The molecule has 3 aromatic carbocycles. The molecule has 3 saturated heterocycles. The zero-order valence-electron chi connectivity index (χ0n) is 53.7. The fourth-order valence-corrected chi connectivity index (χ4v) is 12.9. The van der Waals surface area contributed by atoms with Gasteiger partial charge in [0.1, 0.15) is 42.9 Å². The number of β-amino-alcohol motifs (C(OH)–C–C–N with tert-alkyl or cyclic N) is 1. The summed E-state index contributed by atoms with van der Waals surface area (Å²) in [7, 11) is -1.94. The number of rotatable bonds is 27. The van der Waals surface area contributed by atoms with Crippen molar-refractivity contribution in [1.29, 1.82) is 0 Å². The number of phenols is 1.